The van der Waals surface area contributed by atoms with E-state index in [1.807, 2.05) is 0 Å². The summed E-state index contributed by atoms with van der Waals surface area (Å²) in [7, 11) is 0. The third-order valence-electron chi connectivity index (χ3n) is 2.17. The Labute approximate surface area is 92.7 Å². The predicted octanol–water partition coefficient (Wildman–Crippen LogP) is 3.99. The summed E-state index contributed by atoms with van der Waals surface area (Å²) in [5.41, 5.74) is -3.91. The summed E-state index contributed by atoms with van der Waals surface area (Å²) < 4.78 is 74.6. The number of aromatic hydroxyl groups is 1. The van der Waals surface area contributed by atoms with Gasteiger partial charge in [-0.1, -0.05) is 6.92 Å². The highest BCUT2D eigenvalue weighted by Gasteiger charge is 2.45. The summed E-state index contributed by atoms with van der Waals surface area (Å²) in [6.07, 6.45) is -10.3. The second kappa shape index (κ2) is 4.12. The van der Waals surface area contributed by atoms with Crippen LogP contribution in [-0.2, 0) is 18.8 Å². The van der Waals surface area contributed by atoms with E-state index in [-0.39, 0.29) is 12.0 Å². The first-order valence-corrected chi connectivity index (χ1v) is 4.57. The van der Waals surface area contributed by atoms with E-state index in [1.54, 1.807) is 0 Å². The first-order chi connectivity index (χ1) is 7.57. The average molecular weight is 258 g/mol. The van der Waals surface area contributed by atoms with Gasteiger partial charge in [0.15, 0.2) is 0 Å². The fourth-order valence-electron chi connectivity index (χ4n) is 1.41. The Morgan fingerprint density at radius 2 is 1.53 bits per heavy atom. The number of hydrogen-bond acceptors (Lipinski definition) is 1. The Kier molecular flexibility index (Phi) is 3.31. The van der Waals surface area contributed by atoms with Gasteiger partial charge in [-0.15, -0.1) is 0 Å². The number of rotatable bonds is 1. The summed E-state index contributed by atoms with van der Waals surface area (Å²) >= 11 is 0. The second-order valence-corrected chi connectivity index (χ2v) is 3.39. The van der Waals surface area contributed by atoms with Gasteiger partial charge < -0.3 is 5.11 Å². The van der Waals surface area contributed by atoms with Crippen molar-refractivity contribution >= 4 is 0 Å². The van der Waals surface area contributed by atoms with Crippen LogP contribution in [0.15, 0.2) is 12.1 Å². The molecule has 0 spiro atoms. The minimum absolute atomic E-state index is 0.0113. The van der Waals surface area contributed by atoms with E-state index in [2.05, 4.69) is 0 Å². The van der Waals surface area contributed by atoms with Crippen molar-refractivity contribution < 1.29 is 31.4 Å². The van der Waals surface area contributed by atoms with Gasteiger partial charge in [0, 0.05) is 0 Å². The fraction of sp³-hybridized carbons (Fsp3) is 0.400. The van der Waals surface area contributed by atoms with Crippen LogP contribution in [0.3, 0.4) is 0 Å². The van der Waals surface area contributed by atoms with Crippen molar-refractivity contribution in [2.24, 2.45) is 0 Å². The van der Waals surface area contributed by atoms with Crippen LogP contribution in [-0.4, -0.2) is 5.11 Å². The molecule has 0 atom stereocenters. The Morgan fingerprint density at radius 3 is 1.88 bits per heavy atom. The highest BCUT2D eigenvalue weighted by Crippen LogP contribution is 2.45. The standard InChI is InChI=1S/C10H8F6O/c1-2-5-3-6(9(11,12)13)8(7(17)4-5)10(14,15)16/h3-4,17H,2H2,1H3. The topological polar surface area (TPSA) is 20.2 Å². The summed E-state index contributed by atoms with van der Waals surface area (Å²) in [5, 5.41) is 9.08. The lowest BCUT2D eigenvalue weighted by Crippen LogP contribution is -2.17. The molecule has 0 unspecified atom stereocenters. The number of phenolic OH excluding ortho intramolecular Hbond substituents is 1. The zero-order valence-corrected chi connectivity index (χ0v) is 8.58. The van der Waals surface area contributed by atoms with Crippen LogP contribution in [0.5, 0.6) is 5.75 Å². The van der Waals surface area contributed by atoms with Gasteiger partial charge in [0.2, 0.25) is 0 Å². The zero-order valence-electron chi connectivity index (χ0n) is 8.58. The third-order valence-corrected chi connectivity index (χ3v) is 2.17. The van der Waals surface area contributed by atoms with Gasteiger partial charge >= 0.3 is 12.4 Å². The third kappa shape index (κ3) is 2.83. The first-order valence-electron chi connectivity index (χ1n) is 4.57. The van der Waals surface area contributed by atoms with Crippen LogP contribution in [0.25, 0.3) is 0 Å². The van der Waals surface area contributed by atoms with E-state index < -0.39 is 29.2 Å². The Bertz CT molecular complexity index is 418. The lowest BCUT2D eigenvalue weighted by Gasteiger charge is -2.17. The van der Waals surface area contributed by atoms with Crippen molar-refractivity contribution in [3.8, 4) is 5.75 Å². The molecule has 1 nitrogen and oxygen atoms in total. The molecule has 0 fully saturated rings. The monoisotopic (exact) mass is 258 g/mol. The van der Waals surface area contributed by atoms with E-state index in [9.17, 15) is 26.3 Å². The molecule has 0 heterocycles. The molecule has 0 bridgehead atoms. The molecule has 7 heteroatoms. The van der Waals surface area contributed by atoms with E-state index in [4.69, 9.17) is 5.11 Å². The summed E-state index contributed by atoms with van der Waals surface area (Å²) in [6, 6.07) is 1.10. The molecule has 17 heavy (non-hydrogen) atoms. The molecule has 0 aromatic heterocycles. The largest absolute Gasteiger partial charge is 0.507 e. The molecule has 0 aliphatic heterocycles. The first kappa shape index (κ1) is 13.7. The van der Waals surface area contributed by atoms with E-state index in [1.165, 1.54) is 6.92 Å². The van der Waals surface area contributed by atoms with Crippen LogP contribution < -0.4 is 0 Å². The number of alkyl halides is 6. The van der Waals surface area contributed by atoms with Gasteiger partial charge in [0.25, 0.3) is 0 Å². The average Bonchev–Trinajstić information content (AvgIpc) is 2.12. The smallest absolute Gasteiger partial charge is 0.420 e. The van der Waals surface area contributed by atoms with Crippen molar-refractivity contribution in [3.63, 3.8) is 0 Å². The molecule has 1 rings (SSSR count). The van der Waals surface area contributed by atoms with Crippen LogP contribution in [0.1, 0.15) is 23.6 Å². The maximum Gasteiger partial charge on any atom is 0.420 e. The molecule has 0 aliphatic carbocycles. The van der Waals surface area contributed by atoms with E-state index in [0.717, 1.165) is 0 Å². The van der Waals surface area contributed by atoms with Crippen molar-refractivity contribution in [2.75, 3.05) is 0 Å². The highest BCUT2D eigenvalue weighted by atomic mass is 19.4. The molecule has 0 aliphatic rings. The summed E-state index contributed by atoms with van der Waals surface area (Å²) in [6.45, 7) is 1.47. The van der Waals surface area contributed by atoms with Gasteiger partial charge in [-0.3, -0.25) is 0 Å². The highest BCUT2D eigenvalue weighted by molar-refractivity contribution is 5.46. The summed E-state index contributed by atoms with van der Waals surface area (Å²) in [5.74, 6) is -1.40. The minimum atomic E-state index is -5.25. The van der Waals surface area contributed by atoms with Crippen LogP contribution in [0.4, 0.5) is 26.3 Å². The van der Waals surface area contributed by atoms with Gasteiger partial charge in [-0.2, -0.15) is 26.3 Å². The molecule has 0 saturated heterocycles. The van der Waals surface area contributed by atoms with Crippen molar-refractivity contribution in [3.05, 3.63) is 28.8 Å². The molecular weight excluding hydrogens is 250 g/mol. The maximum absolute atomic E-state index is 12.5. The van der Waals surface area contributed by atoms with Crippen molar-refractivity contribution in [2.45, 2.75) is 25.7 Å². The Morgan fingerprint density at radius 1 is 1.00 bits per heavy atom. The molecular formula is C10H8F6O. The van der Waals surface area contributed by atoms with Crippen molar-refractivity contribution in [1.29, 1.82) is 0 Å². The normalized spacial score (nSPS) is 12.9. The molecule has 0 radical (unpaired) electrons. The number of benzene rings is 1. The Hall–Kier alpha value is -1.40. The second-order valence-electron chi connectivity index (χ2n) is 3.39. The fourth-order valence-corrected chi connectivity index (χ4v) is 1.41. The molecule has 96 valence electrons. The molecule has 1 N–H and O–H groups in total. The van der Waals surface area contributed by atoms with Gasteiger partial charge in [-0.05, 0) is 24.1 Å². The number of halogens is 6. The maximum atomic E-state index is 12.5. The van der Waals surface area contributed by atoms with Crippen LogP contribution >= 0.6 is 0 Å². The van der Waals surface area contributed by atoms with Crippen molar-refractivity contribution in [1.82, 2.24) is 0 Å². The van der Waals surface area contributed by atoms with Crippen LogP contribution in [0.2, 0.25) is 0 Å². The lowest BCUT2D eigenvalue weighted by molar-refractivity contribution is -0.163. The number of hydrogen-bond donors (Lipinski definition) is 1. The van der Waals surface area contributed by atoms with Gasteiger partial charge in [-0.25, -0.2) is 0 Å². The number of aryl methyl sites for hydroxylation is 1. The lowest BCUT2D eigenvalue weighted by atomic mass is 10.0. The predicted molar refractivity (Wildman–Crippen MR) is 47.5 cm³/mol. The van der Waals surface area contributed by atoms with Gasteiger partial charge in [0.1, 0.15) is 11.3 Å². The zero-order chi connectivity index (χ0) is 13.4. The minimum Gasteiger partial charge on any atom is -0.507 e. The van der Waals surface area contributed by atoms with E-state index >= 15 is 0 Å². The molecule has 0 amide bonds. The SMILES string of the molecule is CCc1cc(O)c(C(F)(F)F)c(C(F)(F)F)c1. The molecule has 0 saturated carbocycles. The number of phenols is 1. The van der Waals surface area contributed by atoms with Crippen LogP contribution in [0, 0.1) is 0 Å². The quantitative estimate of drug-likeness (QED) is 0.755. The van der Waals surface area contributed by atoms with Gasteiger partial charge in [0.05, 0.1) is 5.56 Å². The molecule has 1 aromatic rings. The van der Waals surface area contributed by atoms with E-state index in [0.29, 0.717) is 12.1 Å². The summed E-state index contributed by atoms with van der Waals surface area (Å²) in [4.78, 5) is 0. The Balaban J connectivity index is 3.58. The molecule has 1 aromatic carbocycles.